The molecule has 1 atom stereocenters. The van der Waals surface area contributed by atoms with Crippen molar-refractivity contribution in [3.8, 4) is 0 Å². The third kappa shape index (κ3) is 4.31. The zero-order valence-corrected chi connectivity index (χ0v) is 23.7. The minimum Gasteiger partial charge on any atom is -0.325 e. The normalized spacial score (nSPS) is 18.2. The van der Waals surface area contributed by atoms with Crippen molar-refractivity contribution < 1.29 is 0 Å². The molecule has 1 aromatic heterocycles. The maximum Gasteiger partial charge on any atom is 0.169 e. The fourth-order valence-corrected chi connectivity index (χ4v) is 6.53. The fourth-order valence-electron chi connectivity index (χ4n) is 6.53. The van der Waals surface area contributed by atoms with Crippen molar-refractivity contribution in [3.05, 3.63) is 143 Å². The average Bonchev–Trinajstić information content (AvgIpc) is 3.38. The third-order valence-electron chi connectivity index (χ3n) is 8.66. The summed E-state index contributed by atoms with van der Waals surface area (Å²) in [6, 6.07) is 32.8. The molecule has 4 heteroatoms. The zero-order chi connectivity index (χ0) is 28.0. The number of para-hydroxylation sites is 1. The van der Waals surface area contributed by atoms with Crippen LogP contribution >= 0.6 is 0 Å². The van der Waals surface area contributed by atoms with Crippen LogP contribution in [0.4, 0.5) is 0 Å². The molecule has 204 valence electrons. The highest BCUT2D eigenvalue weighted by Gasteiger charge is 2.24. The Balaban J connectivity index is 1.23. The number of hydrogen-bond acceptors (Lipinski definition) is 3. The molecule has 0 bridgehead atoms. The molecule has 42 heavy (non-hydrogen) atoms. The highest BCUT2D eigenvalue weighted by atomic mass is 15.2. The lowest BCUT2D eigenvalue weighted by atomic mass is 9.92. The summed E-state index contributed by atoms with van der Waals surface area (Å²) in [5.41, 5.74) is 11.2. The Morgan fingerprint density at radius 2 is 1.60 bits per heavy atom. The van der Waals surface area contributed by atoms with Crippen molar-refractivity contribution in [2.75, 3.05) is 0 Å². The molecule has 0 spiro atoms. The molecule has 0 amide bonds. The average molecular weight is 545 g/mol. The Kier molecular flexibility index (Phi) is 5.99. The number of benzene rings is 4. The van der Waals surface area contributed by atoms with Crippen LogP contribution in [0.1, 0.15) is 53.2 Å². The molecular weight excluding hydrogens is 512 g/mol. The van der Waals surface area contributed by atoms with E-state index in [-0.39, 0.29) is 6.17 Å². The first-order chi connectivity index (χ1) is 20.7. The van der Waals surface area contributed by atoms with Crippen LogP contribution in [0.2, 0.25) is 0 Å². The van der Waals surface area contributed by atoms with Gasteiger partial charge in [-0.3, -0.25) is 0 Å². The summed E-state index contributed by atoms with van der Waals surface area (Å²) in [5, 5.41) is 6.17. The predicted octanol–water partition coefficient (Wildman–Crippen LogP) is 8.77. The largest absolute Gasteiger partial charge is 0.325 e. The summed E-state index contributed by atoms with van der Waals surface area (Å²) >= 11 is 0. The molecule has 4 aromatic carbocycles. The van der Waals surface area contributed by atoms with E-state index < -0.39 is 0 Å². The van der Waals surface area contributed by atoms with Crippen LogP contribution in [0.3, 0.4) is 0 Å². The first-order valence-electron chi connectivity index (χ1n) is 14.9. The minimum absolute atomic E-state index is 0.302. The molecule has 4 nitrogen and oxygen atoms in total. The van der Waals surface area contributed by atoms with Crippen LogP contribution in [0, 0.1) is 6.92 Å². The maximum atomic E-state index is 5.15. The van der Waals surface area contributed by atoms with Crippen LogP contribution in [-0.4, -0.2) is 16.2 Å². The molecule has 1 aliphatic heterocycles. The Labute approximate surface area is 246 Å². The lowest BCUT2D eigenvalue weighted by Crippen LogP contribution is -2.36. The monoisotopic (exact) mass is 544 g/mol. The van der Waals surface area contributed by atoms with Crippen molar-refractivity contribution in [3.63, 3.8) is 0 Å². The number of hydrogen-bond donors (Lipinski definition) is 1. The number of fused-ring (bicyclic) bond motifs is 4. The van der Waals surface area contributed by atoms with Gasteiger partial charge >= 0.3 is 0 Å². The molecule has 0 saturated carbocycles. The SMILES string of the molecule is Cc1ccc2c(c1)c1ccccc1n2C1=Cc2cc(C3N=C(C4=CC=CCC4)NC(c4ccccc4)=N3)ccc2CC1. The van der Waals surface area contributed by atoms with Gasteiger partial charge in [0.05, 0.1) is 11.0 Å². The first kappa shape index (κ1) is 24.8. The number of nitrogens with one attached hydrogen (secondary N) is 1. The van der Waals surface area contributed by atoms with Crippen molar-refractivity contribution in [2.24, 2.45) is 9.98 Å². The van der Waals surface area contributed by atoms with E-state index >= 15 is 0 Å². The topological polar surface area (TPSA) is 41.7 Å². The highest BCUT2D eigenvalue weighted by molar-refractivity contribution is 6.16. The minimum atomic E-state index is -0.302. The molecule has 3 aliphatic rings. The van der Waals surface area contributed by atoms with Gasteiger partial charge in [0.15, 0.2) is 6.17 Å². The predicted molar refractivity (Wildman–Crippen MR) is 176 cm³/mol. The van der Waals surface area contributed by atoms with Gasteiger partial charge in [0.2, 0.25) is 0 Å². The number of rotatable bonds is 4. The second-order valence-corrected chi connectivity index (χ2v) is 11.4. The summed E-state index contributed by atoms with van der Waals surface area (Å²) in [5.74, 6) is 1.79. The summed E-state index contributed by atoms with van der Waals surface area (Å²) < 4.78 is 2.47. The highest BCUT2D eigenvalue weighted by Crippen LogP contribution is 2.37. The lowest BCUT2D eigenvalue weighted by molar-refractivity contribution is 0.750. The Morgan fingerprint density at radius 1 is 0.762 bits per heavy atom. The van der Waals surface area contributed by atoms with Gasteiger partial charge in [0.25, 0.3) is 0 Å². The van der Waals surface area contributed by atoms with E-state index in [9.17, 15) is 0 Å². The van der Waals surface area contributed by atoms with E-state index in [1.54, 1.807) is 0 Å². The molecule has 0 radical (unpaired) electrons. The molecule has 2 aliphatic carbocycles. The first-order valence-corrected chi connectivity index (χ1v) is 14.9. The molecule has 5 aromatic rings. The van der Waals surface area contributed by atoms with Gasteiger partial charge in [-0.05, 0) is 85.2 Å². The maximum absolute atomic E-state index is 5.15. The zero-order valence-electron chi connectivity index (χ0n) is 23.7. The number of nitrogens with zero attached hydrogens (tertiary/aromatic N) is 3. The molecule has 1 N–H and O–H groups in total. The van der Waals surface area contributed by atoms with Gasteiger partial charge in [-0.15, -0.1) is 0 Å². The van der Waals surface area contributed by atoms with Crippen LogP contribution in [-0.2, 0) is 6.42 Å². The summed E-state index contributed by atoms with van der Waals surface area (Å²) in [6.07, 6.45) is 12.6. The molecule has 2 heterocycles. The second kappa shape index (κ2) is 10.1. The van der Waals surface area contributed by atoms with Gasteiger partial charge in [-0.1, -0.05) is 90.5 Å². The number of allylic oxidation sites excluding steroid dienone is 4. The van der Waals surface area contributed by atoms with Crippen LogP contribution < -0.4 is 5.32 Å². The van der Waals surface area contributed by atoms with Crippen LogP contribution in [0.25, 0.3) is 33.6 Å². The number of amidine groups is 2. The molecule has 0 fully saturated rings. The van der Waals surface area contributed by atoms with Gasteiger partial charge in [0, 0.05) is 22.0 Å². The van der Waals surface area contributed by atoms with Gasteiger partial charge in [-0.2, -0.15) is 0 Å². The Hall–Kier alpha value is -4.96. The van der Waals surface area contributed by atoms with E-state index in [0.717, 1.165) is 48.5 Å². The van der Waals surface area contributed by atoms with Crippen molar-refractivity contribution in [1.29, 1.82) is 0 Å². The van der Waals surface area contributed by atoms with E-state index in [4.69, 9.17) is 9.98 Å². The molecular formula is C38H32N4. The van der Waals surface area contributed by atoms with Crippen LogP contribution in [0.15, 0.2) is 125 Å². The van der Waals surface area contributed by atoms with Crippen LogP contribution in [0.5, 0.6) is 0 Å². The molecule has 0 saturated heterocycles. The van der Waals surface area contributed by atoms with E-state index in [1.807, 2.05) is 6.07 Å². The lowest BCUT2D eigenvalue weighted by Gasteiger charge is -2.25. The molecule has 8 rings (SSSR count). The van der Waals surface area contributed by atoms with E-state index in [0.29, 0.717) is 0 Å². The van der Waals surface area contributed by atoms with Crippen molar-refractivity contribution in [1.82, 2.24) is 9.88 Å². The summed E-state index contributed by atoms with van der Waals surface area (Å²) in [6.45, 7) is 2.17. The Morgan fingerprint density at radius 3 is 2.48 bits per heavy atom. The smallest absolute Gasteiger partial charge is 0.169 e. The summed E-state index contributed by atoms with van der Waals surface area (Å²) in [7, 11) is 0. The van der Waals surface area contributed by atoms with Gasteiger partial charge < -0.3 is 9.88 Å². The molecule has 1 unspecified atom stereocenters. The second-order valence-electron chi connectivity index (χ2n) is 11.4. The van der Waals surface area contributed by atoms with Gasteiger partial charge in [0.1, 0.15) is 11.7 Å². The van der Waals surface area contributed by atoms with E-state index in [2.05, 4.69) is 126 Å². The van der Waals surface area contributed by atoms with Gasteiger partial charge in [-0.25, -0.2) is 9.98 Å². The fraction of sp³-hybridized carbons (Fsp3) is 0.158. The van der Waals surface area contributed by atoms with Crippen molar-refractivity contribution in [2.45, 2.75) is 38.8 Å². The number of aromatic nitrogens is 1. The van der Waals surface area contributed by atoms with Crippen molar-refractivity contribution >= 4 is 45.3 Å². The number of aryl methyl sites for hydroxylation is 2. The quantitative estimate of drug-likeness (QED) is 0.241. The third-order valence-corrected chi connectivity index (χ3v) is 8.66. The number of aliphatic imine (C=N–C) groups is 2. The summed E-state index contributed by atoms with van der Waals surface area (Å²) in [4.78, 5) is 10.3. The standard InChI is InChI=1S/C38H32N4/c1-25-16-21-35-33(22-25)32-14-8-9-15-34(32)42(35)31-20-19-26-17-18-29(23-30(26)24-31)38-40-36(27-10-4-2-5-11-27)39-37(41-38)28-12-6-3-7-13-28/h2-6,8-12,14-18,21-24,38H,7,13,19-20H2,1H3,(H,39,40,41). The Bertz CT molecular complexity index is 2020. The van der Waals surface area contributed by atoms with E-state index in [1.165, 1.54) is 49.8 Å².